The van der Waals surface area contributed by atoms with Gasteiger partial charge in [-0.25, -0.2) is 14.1 Å². The highest BCUT2D eigenvalue weighted by molar-refractivity contribution is 7.10. The number of ketones is 1. The fourth-order valence-electron chi connectivity index (χ4n) is 2.46. The van der Waals surface area contributed by atoms with Crippen molar-refractivity contribution in [1.29, 1.82) is 5.26 Å². The summed E-state index contributed by atoms with van der Waals surface area (Å²) in [6.07, 6.45) is 2.85. The highest BCUT2D eigenvalue weighted by Crippen LogP contribution is 2.26. The third-order valence-electron chi connectivity index (χ3n) is 3.83. The summed E-state index contributed by atoms with van der Waals surface area (Å²) in [5.74, 6) is -1.69. The molecule has 0 saturated carbocycles. The molecule has 0 radical (unpaired) electrons. The molecular formula is C19H14ClFN4OS. The summed E-state index contributed by atoms with van der Waals surface area (Å²) in [6, 6.07) is 7.74. The largest absolute Gasteiger partial charge is 0.293 e. The molecule has 1 atom stereocenters. The number of aromatic nitrogens is 3. The lowest BCUT2D eigenvalue weighted by Gasteiger charge is -2.03. The SMILES string of the molecule is Cc1csc([C@@H](C#N)C(=O)/C=C/c2c(C)nn(-c3ccc(F)cc3)c2Cl)n1. The number of aryl methyl sites for hydroxylation is 2. The van der Waals surface area contributed by atoms with E-state index in [1.807, 2.05) is 13.0 Å². The van der Waals surface area contributed by atoms with Gasteiger partial charge < -0.3 is 0 Å². The smallest absolute Gasteiger partial charge is 0.179 e. The molecule has 3 rings (SSSR count). The minimum Gasteiger partial charge on any atom is -0.293 e. The average molecular weight is 401 g/mol. The van der Waals surface area contributed by atoms with Crippen LogP contribution in [0.1, 0.15) is 27.9 Å². The van der Waals surface area contributed by atoms with Crippen molar-refractivity contribution in [3.63, 3.8) is 0 Å². The molecule has 3 aromatic rings. The first kappa shape index (κ1) is 19.0. The number of rotatable bonds is 5. The van der Waals surface area contributed by atoms with Gasteiger partial charge in [0.2, 0.25) is 0 Å². The lowest BCUT2D eigenvalue weighted by atomic mass is 10.1. The van der Waals surface area contributed by atoms with Crippen LogP contribution in [0.15, 0.2) is 35.7 Å². The van der Waals surface area contributed by atoms with Gasteiger partial charge >= 0.3 is 0 Å². The van der Waals surface area contributed by atoms with E-state index >= 15 is 0 Å². The summed E-state index contributed by atoms with van der Waals surface area (Å²) in [5.41, 5.74) is 2.53. The molecule has 8 heteroatoms. The van der Waals surface area contributed by atoms with Gasteiger partial charge in [0.1, 0.15) is 16.0 Å². The molecule has 0 spiro atoms. The Morgan fingerprint density at radius 1 is 1.37 bits per heavy atom. The van der Waals surface area contributed by atoms with Gasteiger partial charge in [0.25, 0.3) is 0 Å². The second-order valence-electron chi connectivity index (χ2n) is 5.80. The van der Waals surface area contributed by atoms with Gasteiger partial charge in [0.15, 0.2) is 11.7 Å². The van der Waals surface area contributed by atoms with E-state index in [1.54, 1.807) is 24.4 Å². The Morgan fingerprint density at radius 2 is 2.07 bits per heavy atom. The Kier molecular flexibility index (Phi) is 5.49. The first-order valence-electron chi connectivity index (χ1n) is 7.95. The van der Waals surface area contributed by atoms with Crippen LogP contribution in [-0.4, -0.2) is 20.5 Å². The predicted octanol–water partition coefficient (Wildman–Crippen LogP) is 4.63. The number of nitriles is 1. The quantitative estimate of drug-likeness (QED) is 0.585. The molecule has 0 aliphatic carbocycles. The Morgan fingerprint density at radius 3 is 2.67 bits per heavy atom. The van der Waals surface area contributed by atoms with Crippen molar-refractivity contribution in [1.82, 2.24) is 14.8 Å². The van der Waals surface area contributed by atoms with E-state index in [2.05, 4.69) is 10.1 Å². The van der Waals surface area contributed by atoms with Crippen molar-refractivity contribution < 1.29 is 9.18 Å². The molecule has 0 amide bonds. The molecule has 27 heavy (non-hydrogen) atoms. The molecule has 0 N–H and O–H groups in total. The zero-order valence-corrected chi connectivity index (χ0v) is 16.1. The third kappa shape index (κ3) is 3.97. The van der Waals surface area contributed by atoms with E-state index in [0.29, 0.717) is 27.1 Å². The Hall–Kier alpha value is -2.82. The number of hydrogen-bond donors (Lipinski definition) is 0. The van der Waals surface area contributed by atoms with Crippen molar-refractivity contribution >= 4 is 34.8 Å². The molecule has 0 saturated heterocycles. The van der Waals surface area contributed by atoms with E-state index in [1.165, 1.54) is 40.3 Å². The molecule has 5 nitrogen and oxygen atoms in total. The molecule has 2 aromatic heterocycles. The minimum atomic E-state index is -0.953. The van der Waals surface area contributed by atoms with Crippen LogP contribution in [0, 0.1) is 31.0 Å². The molecule has 1 aromatic carbocycles. The highest BCUT2D eigenvalue weighted by Gasteiger charge is 2.21. The zero-order chi connectivity index (χ0) is 19.6. The number of carbonyl (C=O) groups is 1. The monoisotopic (exact) mass is 400 g/mol. The second kappa shape index (κ2) is 7.82. The van der Waals surface area contributed by atoms with Gasteiger partial charge in [-0.05, 0) is 50.3 Å². The van der Waals surface area contributed by atoms with Gasteiger partial charge in [0, 0.05) is 16.6 Å². The first-order chi connectivity index (χ1) is 12.9. The number of carbonyl (C=O) groups excluding carboxylic acids is 1. The molecule has 2 heterocycles. The van der Waals surface area contributed by atoms with Crippen LogP contribution >= 0.6 is 22.9 Å². The van der Waals surface area contributed by atoms with E-state index in [-0.39, 0.29) is 11.6 Å². The first-order valence-corrected chi connectivity index (χ1v) is 9.21. The fraction of sp³-hybridized carbons (Fsp3) is 0.158. The highest BCUT2D eigenvalue weighted by atomic mass is 35.5. The van der Waals surface area contributed by atoms with Gasteiger partial charge in [-0.1, -0.05) is 11.6 Å². The predicted molar refractivity (Wildman–Crippen MR) is 103 cm³/mol. The summed E-state index contributed by atoms with van der Waals surface area (Å²) >= 11 is 7.67. The zero-order valence-electron chi connectivity index (χ0n) is 14.5. The summed E-state index contributed by atoms with van der Waals surface area (Å²) in [6.45, 7) is 3.56. The van der Waals surface area contributed by atoms with E-state index in [4.69, 9.17) is 11.6 Å². The minimum absolute atomic E-state index is 0.293. The fourth-order valence-corrected chi connectivity index (χ4v) is 3.64. The van der Waals surface area contributed by atoms with E-state index < -0.39 is 5.92 Å². The van der Waals surface area contributed by atoms with Crippen LogP contribution in [0.4, 0.5) is 4.39 Å². The summed E-state index contributed by atoms with van der Waals surface area (Å²) in [4.78, 5) is 16.7. The maximum Gasteiger partial charge on any atom is 0.179 e. The van der Waals surface area contributed by atoms with Crippen LogP contribution in [-0.2, 0) is 4.79 Å². The molecule has 0 fully saturated rings. The number of benzene rings is 1. The van der Waals surface area contributed by atoms with E-state index in [9.17, 15) is 14.4 Å². The molecule has 0 bridgehead atoms. The van der Waals surface area contributed by atoms with Gasteiger partial charge in [-0.3, -0.25) is 4.79 Å². The van der Waals surface area contributed by atoms with Crippen molar-refractivity contribution in [3.05, 3.63) is 68.7 Å². The van der Waals surface area contributed by atoms with Crippen molar-refractivity contribution in [2.75, 3.05) is 0 Å². The number of nitrogens with zero attached hydrogens (tertiary/aromatic N) is 4. The summed E-state index contributed by atoms with van der Waals surface area (Å²) in [7, 11) is 0. The average Bonchev–Trinajstić information content (AvgIpc) is 3.18. The van der Waals surface area contributed by atoms with Gasteiger partial charge in [-0.2, -0.15) is 10.4 Å². The van der Waals surface area contributed by atoms with Crippen LogP contribution in [0.3, 0.4) is 0 Å². The molecule has 0 aliphatic heterocycles. The molecule has 0 unspecified atom stereocenters. The second-order valence-corrected chi connectivity index (χ2v) is 7.05. The van der Waals surface area contributed by atoms with Crippen LogP contribution < -0.4 is 0 Å². The van der Waals surface area contributed by atoms with Crippen molar-refractivity contribution in [2.24, 2.45) is 0 Å². The van der Waals surface area contributed by atoms with Crippen LogP contribution in [0.5, 0.6) is 0 Å². The van der Waals surface area contributed by atoms with Crippen LogP contribution in [0.2, 0.25) is 5.15 Å². The molecular weight excluding hydrogens is 387 g/mol. The topological polar surface area (TPSA) is 71.6 Å². The van der Waals surface area contributed by atoms with Gasteiger partial charge in [0.05, 0.1) is 17.5 Å². The number of halogens is 2. The van der Waals surface area contributed by atoms with E-state index in [0.717, 1.165) is 5.69 Å². The third-order valence-corrected chi connectivity index (χ3v) is 5.22. The van der Waals surface area contributed by atoms with Crippen LogP contribution in [0.25, 0.3) is 11.8 Å². The standard InChI is InChI=1S/C19H14ClFN4OS/c1-11-10-27-19(23-11)16(9-22)17(26)8-7-15-12(2)24-25(18(15)20)14-5-3-13(21)4-6-14/h3-8,10,16H,1-2H3/b8-7+/t16-/m0/s1. The number of hydrogen-bond acceptors (Lipinski definition) is 5. The molecule has 0 aliphatic rings. The van der Waals surface area contributed by atoms with Crippen molar-refractivity contribution in [2.45, 2.75) is 19.8 Å². The lowest BCUT2D eigenvalue weighted by molar-refractivity contribution is -0.114. The molecule has 136 valence electrons. The Labute approximate surface area is 164 Å². The summed E-state index contributed by atoms with van der Waals surface area (Å²) in [5, 5.41) is 16.2. The maximum atomic E-state index is 13.1. The summed E-state index contributed by atoms with van der Waals surface area (Å²) < 4.78 is 14.6. The van der Waals surface area contributed by atoms with Gasteiger partial charge in [-0.15, -0.1) is 11.3 Å². The van der Waals surface area contributed by atoms with Crippen molar-refractivity contribution in [3.8, 4) is 11.8 Å². The number of allylic oxidation sites excluding steroid dienone is 1. The Balaban J connectivity index is 1.88. The Bertz CT molecular complexity index is 1060. The lowest BCUT2D eigenvalue weighted by Crippen LogP contribution is -2.07. The number of thiazole rings is 1. The maximum absolute atomic E-state index is 13.1. The normalized spacial score (nSPS) is 12.3.